The molecular weight excluding hydrogens is 462 g/mol. The van der Waals surface area contributed by atoms with Crippen molar-refractivity contribution in [1.82, 2.24) is 0 Å². The predicted molar refractivity (Wildman–Crippen MR) is 123 cm³/mol. The molecule has 8 nitrogen and oxygen atoms in total. The molecule has 34 heavy (non-hydrogen) atoms. The van der Waals surface area contributed by atoms with Gasteiger partial charge in [0.15, 0.2) is 23.9 Å². The third-order valence-electron chi connectivity index (χ3n) is 5.26. The third kappa shape index (κ3) is 4.11. The van der Waals surface area contributed by atoms with Crippen LogP contribution in [0.1, 0.15) is 41.4 Å². The Morgan fingerprint density at radius 3 is 2.21 bits per heavy atom. The van der Waals surface area contributed by atoms with Gasteiger partial charge in [-0.15, -0.1) is 0 Å². The van der Waals surface area contributed by atoms with Gasteiger partial charge in [-0.2, -0.15) is 0 Å². The summed E-state index contributed by atoms with van der Waals surface area (Å²) in [5.41, 5.74) is 0.741. The van der Waals surface area contributed by atoms with Gasteiger partial charge in [0.2, 0.25) is 0 Å². The lowest BCUT2D eigenvalue weighted by molar-refractivity contribution is 0.0474. The normalized spacial score (nSPS) is 12.4. The number of esters is 1. The largest absolute Gasteiger partial charge is 0.493 e. The van der Waals surface area contributed by atoms with E-state index in [0.717, 1.165) is 4.90 Å². The summed E-state index contributed by atoms with van der Waals surface area (Å²) in [6, 6.07) is 15.1. The van der Waals surface area contributed by atoms with E-state index in [1.807, 2.05) is 0 Å². The maximum absolute atomic E-state index is 12.9. The zero-order valence-electron chi connectivity index (χ0n) is 18.2. The van der Waals surface area contributed by atoms with Crippen molar-refractivity contribution in [2.45, 2.75) is 0 Å². The second-order valence-electron chi connectivity index (χ2n) is 7.23. The zero-order valence-corrected chi connectivity index (χ0v) is 18.9. The molecule has 0 N–H and O–H groups in total. The first kappa shape index (κ1) is 23.0. The number of hydrogen-bond acceptors (Lipinski definition) is 7. The van der Waals surface area contributed by atoms with Crippen LogP contribution in [-0.4, -0.2) is 44.4 Å². The molecule has 0 aromatic heterocycles. The molecule has 1 aliphatic rings. The average Bonchev–Trinajstić information content (AvgIpc) is 3.11. The molecule has 0 bridgehead atoms. The van der Waals surface area contributed by atoms with Crippen LogP contribution in [0.5, 0.6) is 11.5 Å². The van der Waals surface area contributed by atoms with Crippen molar-refractivity contribution in [2.24, 2.45) is 0 Å². The monoisotopic (exact) mass is 479 g/mol. The van der Waals surface area contributed by atoms with Crippen LogP contribution in [0.4, 0.5) is 5.69 Å². The van der Waals surface area contributed by atoms with Crippen LogP contribution in [0.3, 0.4) is 0 Å². The minimum absolute atomic E-state index is 0.0287. The highest BCUT2D eigenvalue weighted by Crippen LogP contribution is 2.33. The third-order valence-corrected chi connectivity index (χ3v) is 5.58. The van der Waals surface area contributed by atoms with Crippen LogP contribution in [-0.2, 0) is 4.74 Å². The van der Waals surface area contributed by atoms with Crippen molar-refractivity contribution in [3.8, 4) is 11.5 Å². The molecule has 0 saturated heterocycles. The van der Waals surface area contributed by atoms with E-state index in [4.69, 9.17) is 25.8 Å². The lowest BCUT2D eigenvalue weighted by Crippen LogP contribution is -2.29. The van der Waals surface area contributed by atoms with E-state index in [0.29, 0.717) is 11.5 Å². The molecule has 0 spiro atoms. The fourth-order valence-electron chi connectivity index (χ4n) is 3.53. The molecule has 1 aliphatic heterocycles. The van der Waals surface area contributed by atoms with E-state index < -0.39 is 30.2 Å². The van der Waals surface area contributed by atoms with Crippen molar-refractivity contribution in [3.63, 3.8) is 0 Å². The summed E-state index contributed by atoms with van der Waals surface area (Å²) in [5.74, 6) is -1.59. The van der Waals surface area contributed by atoms with Gasteiger partial charge >= 0.3 is 5.97 Å². The van der Waals surface area contributed by atoms with Crippen LogP contribution in [0.25, 0.3) is 0 Å². The lowest BCUT2D eigenvalue weighted by Gasteiger charge is -2.15. The molecule has 0 saturated carbocycles. The summed E-state index contributed by atoms with van der Waals surface area (Å²) >= 11 is 6.15. The topological polar surface area (TPSA) is 99.2 Å². The van der Waals surface area contributed by atoms with Gasteiger partial charge in [0.1, 0.15) is 0 Å². The average molecular weight is 480 g/mol. The maximum Gasteiger partial charge on any atom is 0.338 e. The number of amides is 2. The number of carbonyl (C=O) groups excluding carboxylic acids is 4. The zero-order chi connectivity index (χ0) is 24.4. The van der Waals surface area contributed by atoms with Gasteiger partial charge in [-0.1, -0.05) is 23.7 Å². The molecule has 2 amide bonds. The number of carbonyl (C=O) groups is 4. The number of nitrogens with zero attached hydrogens (tertiary/aromatic N) is 1. The van der Waals surface area contributed by atoms with Crippen LogP contribution >= 0.6 is 11.6 Å². The Balaban J connectivity index is 1.49. The summed E-state index contributed by atoms with van der Waals surface area (Å²) in [7, 11) is 2.92. The number of ether oxygens (including phenoxy) is 3. The quantitative estimate of drug-likeness (QED) is 0.284. The number of rotatable bonds is 7. The smallest absolute Gasteiger partial charge is 0.338 e. The molecule has 9 heteroatoms. The van der Waals surface area contributed by atoms with Gasteiger partial charge in [0.25, 0.3) is 11.8 Å². The summed E-state index contributed by atoms with van der Waals surface area (Å²) in [4.78, 5) is 51.7. The summed E-state index contributed by atoms with van der Waals surface area (Å²) in [6.45, 7) is -0.524. The van der Waals surface area contributed by atoms with Crippen molar-refractivity contribution in [2.75, 3.05) is 25.7 Å². The fourth-order valence-corrected chi connectivity index (χ4v) is 3.75. The number of halogens is 1. The van der Waals surface area contributed by atoms with Gasteiger partial charge in [0.05, 0.1) is 41.6 Å². The molecule has 3 aromatic carbocycles. The fraction of sp³-hybridized carbons (Fsp3) is 0.120. The number of Topliss-reactive ketones (excluding diaryl/α,β-unsaturated/α-hetero) is 1. The van der Waals surface area contributed by atoms with Crippen molar-refractivity contribution in [1.29, 1.82) is 0 Å². The summed E-state index contributed by atoms with van der Waals surface area (Å²) in [6.07, 6.45) is 0. The highest BCUT2D eigenvalue weighted by molar-refractivity contribution is 6.39. The Hall–Kier alpha value is -4.17. The summed E-state index contributed by atoms with van der Waals surface area (Å²) in [5, 5.41) is 0.241. The minimum atomic E-state index is -0.812. The van der Waals surface area contributed by atoms with Crippen LogP contribution < -0.4 is 14.4 Å². The number of fused-ring (bicyclic) bond motifs is 1. The SMILES string of the molecule is COc1ccc(C(=O)COC(=O)c2ccc3c(c2)C(=O)N(c2ccccc2Cl)C3=O)cc1OC. The van der Waals surface area contributed by atoms with E-state index in [-0.39, 0.29) is 33.0 Å². The summed E-state index contributed by atoms with van der Waals surface area (Å²) < 4.78 is 15.4. The van der Waals surface area contributed by atoms with E-state index in [2.05, 4.69) is 0 Å². The molecule has 0 radical (unpaired) electrons. The first-order valence-corrected chi connectivity index (χ1v) is 10.4. The standard InChI is InChI=1S/C25H18ClNO7/c1-32-21-10-8-14(12-22(21)33-2)20(28)13-34-25(31)15-7-9-16-17(11-15)24(30)27(23(16)29)19-6-4-3-5-18(19)26/h3-12H,13H2,1-2H3. The van der Waals surface area contributed by atoms with Gasteiger partial charge in [-0.05, 0) is 48.5 Å². The van der Waals surface area contributed by atoms with Crippen LogP contribution in [0.15, 0.2) is 60.7 Å². The van der Waals surface area contributed by atoms with Gasteiger partial charge in [0, 0.05) is 5.56 Å². The lowest BCUT2D eigenvalue weighted by atomic mass is 10.1. The van der Waals surface area contributed by atoms with Crippen molar-refractivity contribution >= 4 is 40.9 Å². The van der Waals surface area contributed by atoms with Crippen molar-refractivity contribution in [3.05, 3.63) is 87.9 Å². The number of ketones is 1. The van der Waals surface area contributed by atoms with Gasteiger partial charge in [-0.3, -0.25) is 14.4 Å². The number of hydrogen-bond donors (Lipinski definition) is 0. The Bertz CT molecular complexity index is 1330. The molecule has 172 valence electrons. The van der Waals surface area contributed by atoms with E-state index in [1.165, 1.54) is 44.6 Å². The van der Waals surface area contributed by atoms with Gasteiger partial charge < -0.3 is 14.2 Å². The maximum atomic E-state index is 12.9. The van der Waals surface area contributed by atoms with E-state index >= 15 is 0 Å². The number of methoxy groups -OCH3 is 2. The molecule has 0 aliphatic carbocycles. The van der Waals surface area contributed by atoms with E-state index in [9.17, 15) is 19.2 Å². The Morgan fingerprint density at radius 1 is 0.824 bits per heavy atom. The number of para-hydroxylation sites is 1. The van der Waals surface area contributed by atoms with Crippen LogP contribution in [0, 0.1) is 0 Å². The molecule has 0 atom stereocenters. The number of anilines is 1. The second-order valence-corrected chi connectivity index (χ2v) is 7.63. The molecule has 4 rings (SSSR count). The molecule has 1 heterocycles. The first-order chi connectivity index (χ1) is 16.3. The molecule has 0 unspecified atom stereocenters. The highest BCUT2D eigenvalue weighted by atomic mass is 35.5. The number of imide groups is 1. The molecular formula is C25H18ClNO7. The first-order valence-electron chi connectivity index (χ1n) is 10.1. The van der Waals surface area contributed by atoms with E-state index in [1.54, 1.807) is 30.3 Å². The second kappa shape index (κ2) is 9.36. The number of benzene rings is 3. The Morgan fingerprint density at radius 2 is 1.50 bits per heavy atom. The highest BCUT2D eigenvalue weighted by Gasteiger charge is 2.38. The predicted octanol–water partition coefficient (Wildman–Crippen LogP) is 4.20. The molecule has 0 fully saturated rings. The van der Waals surface area contributed by atoms with Crippen molar-refractivity contribution < 1.29 is 33.4 Å². The van der Waals surface area contributed by atoms with Crippen LogP contribution in [0.2, 0.25) is 5.02 Å². The molecule has 3 aromatic rings. The Kier molecular flexibility index (Phi) is 6.34. The Labute approximate surface area is 199 Å². The van der Waals surface area contributed by atoms with Gasteiger partial charge in [-0.25, -0.2) is 9.69 Å². The minimum Gasteiger partial charge on any atom is -0.493 e.